The van der Waals surface area contributed by atoms with E-state index >= 15 is 0 Å². The molecule has 0 unspecified atom stereocenters. The number of dihydropyridines is 1. The number of hydrogen-bond acceptors (Lipinski definition) is 3. The summed E-state index contributed by atoms with van der Waals surface area (Å²) in [5.41, 5.74) is 0.550. The smallest absolute Gasteiger partial charge is 0.423 e. The highest BCUT2D eigenvalue weighted by atomic mass is 16.4. The predicted octanol–water partition coefficient (Wildman–Crippen LogP) is -0.958. The topological polar surface area (TPSA) is 52.5 Å². The summed E-state index contributed by atoms with van der Waals surface area (Å²) < 4.78 is 0. The number of allylic oxidation sites excluding steroid dienone is 2. The molecule has 0 aliphatic carbocycles. The van der Waals surface area contributed by atoms with Crippen molar-refractivity contribution in [1.29, 1.82) is 0 Å². The van der Waals surface area contributed by atoms with Gasteiger partial charge in [0.2, 0.25) is 0 Å². The van der Waals surface area contributed by atoms with Crippen LogP contribution < -0.4 is 5.32 Å². The molecule has 3 nitrogen and oxygen atoms in total. The van der Waals surface area contributed by atoms with Crippen LogP contribution in [0.1, 0.15) is 0 Å². The third kappa shape index (κ3) is 1.59. The molecule has 0 radical (unpaired) electrons. The second-order valence-electron chi connectivity index (χ2n) is 1.82. The fourth-order valence-corrected chi connectivity index (χ4v) is 0.659. The third-order valence-corrected chi connectivity index (χ3v) is 1.15. The Morgan fingerprint density at radius 2 is 2.33 bits per heavy atom. The molecule has 3 N–H and O–H groups in total. The van der Waals surface area contributed by atoms with Crippen molar-refractivity contribution in [1.82, 2.24) is 5.32 Å². The van der Waals surface area contributed by atoms with Crippen LogP contribution >= 0.6 is 0 Å². The Labute approximate surface area is 53.8 Å². The molecule has 0 aromatic carbocycles. The molecule has 48 valence electrons. The summed E-state index contributed by atoms with van der Waals surface area (Å²) in [6.45, 7) is 0.670. The standard InChI is InChI=1S/C5H8BNO2/c8-6(9)5-1-3-7-4-2-5/h1-3,7-9H,4H2. The molecule has 0 bridgehead atoms. The minimum atomic E-state index is -1.33. The number of hydrogen-bond donors (Lipinski definition) is 3. The first-order valence-electron chi connectivity index (χ1n) is 2.77. The minimum absolute atomic E-state index is 0.550. The van der Waals surface area contributed by atoms with Crippen molar-refractivity contribution < 1.29 is 10.0 Å². The summed E-state index contributed by atoms with van der Waals surface area (Å²) in [5.74, 6) is 0. The second kappa shape index (κ2) is 2.71. The van der Waals surface area contributed by atoms with Gasteiger partial charge in [0.15, 0.2) is 0 Å². The Kier molecular flexibility index (Phi) is 1.92. The van der Waals surface area contributed by atoms with Gasteiger partial charge in [-0.05, 0) is 17.7 Å². The van der Waals surface area contributed by atoms with Gasteiger partial charge >= 0.3 is 7.12 Å². The van der Waals surface area contributed by atoms with Gasteiger partial charge in [-0.25, -0.2) is 0 Å². The van der Waals surface area contributed by atoms with Gasteiger partial charge in [-0.1, -0.05) is 6.08 Å². The van der Waals surface area contributed by atoms with Gasteiger partial charge in [0.25, 0.3) is 0 Å². The normalized spacial score (nSPS) is 16.4. The van der Waals surface area contributed by atoms with Gasteiger partial charge in [0, 0.05) is 6.54 Å². The molecule has 0 aromatic heterocycles. The van der Waals surface area contributed by atoms with Crippen LogP contribution in [0.5, 0.6) is 0 Å². The number of rotatable bonds is 1. The zero-order valence-electron chi connectivity index (χ0n) is 4.91. The van der Waals surface area contributed by atoms with Crippen molar-refractivity contribution in [3.63, 3.8) is 0 Å². The summed E-state index contributed by atoms with van der Waals surface area (Å²) in [4.78, 5) is 0. The van der Waals surface area contributed by atoms with Gasteiger partial charge in [-0.2, -0.15) is 0 Å². The number of nitrogens with one attached hydrogen (secondary N) is 1. The van der Waals surface area contributed by atoms with Crippen molar-refractivity contribution >= 4 is 7.12 Å². The fourth-order valence-electron chi connectivity index (χ4n) is 0.659. The lowest BCUT2D eigenvalue weighted by molar-refractivity contribution is 0.420. The Bertz CT molecular complexity index is 153. The first-order chi connectivity index (χ1) is 4.30. The van der Waals surface area contributed by atoms with Gasteiger partial charge in [-0.3, -0.25) is 0 Å². The van der Waals surface area contributed by atoms with Gasteiger partial charge < -0.3 is 15.4 Å². The lowest BCUT2D eigenvalue weighted by atomic mass is 9.78. The van der Waals surface area contributed by atoms with E-state index in [9.17, 15) is 0 Å². The predicted molar refractivity (Wildman–Crippen MR) is 35.4 cm³/mol. The maximum atomic E-state index is 8.59. The van der Waals surface area contributed by atoms with Crippen molar-refractivity contribution in [2.24, 2.45) is 0 Å². The van der Waals surface area contributed by atoms with Crippen LogP contribution in [0.25, 0.3) is 0 Å². The maximum Gasteiger partial charge on any atom is 0.488 e. The summed E-state index contributed by atoms with van der Waals surface area (Å²) >= 11 is 0. The van der Waals surface area contributed by atoms with Crippen molar-refractivity contribution in [2.45, 2.75) is 0 Å². The molecule has 4 heteroatoms. The van der Waals surface area contributed by atoms with Crippen molar-refractivity contribution in [3.8, 4) is 0 Å². The van der Waals surface area contributed by atoms with E-state index in [1.165, 1.54) is 0 Å². The van der Waals surface area contributed by atoms with E-state index in [2.05, 4.69) is 5.32 Å². The molecule has 1 rings (SSSR count). The fraction of sp³-hybridized carbons (Fsp3) is 0.200. The molecule has 9 heavy (non-hydrogen) atoms. The largest absolute Gasteiger partial charge is 0.488 e. The van der Waals surface area contributed by atoms with E-state index < -0.39 is 7.12 Å². The molecule has 0 saturated heterocycles. The zero-order chi connectivity index (χ0) is 6.69. The van der Waals surface area contributed by atoms with Crippen molar-refractivity contribution in [3.05, 3.63) is 23.8 Å². The van der Waals surface area contributed by atoms with Crippen LogP contribution in [0.15, 0.2) is 23.8 Å². The van der Waals surface area contributed by atoms with Crippen LogP contribution in [-0.2, 0) is 0 Å². The monoisotopic (exact) mass is 125 g/mol. The molecular formula is C5H8BNO2. The van der Waals surface area contributed by atoms with Crippen LogP contribution in [0.3, 0.4) is 0 Å². The van der Waals surface area contributed by atoms with Crippen molar-refractivity contribution in [2.75, 3.05) is 6.54 Å². The summed E-state index contributed by atoms with van der Waals surface area (Å²) in [7, 11) is -1.33. The Morgan fingerprint density at radius 3 is 2.67 bits per heavy atom. The summed E-state index contributed by atoms with van der Waals surface area (Å²) in [6.07, 6.45) is 5.05. The molecule has 0 amide bonds. The van der Waals surface area contributed by atoms with Gasteiger partial charge in [-0.15, -0.1) is 0 Å². The van der Waals surface area contributed by atoms with E-state index in [1.807, 2.05) is 0 Å². The van der Waals surface area contributed by atoms with Crippen LogP contribution in [0.4, 0.5) is 0 Å². The molecule has 0 saturated carbocycles. The van der Waals surface area contributed by atoms with Gasteiger partial charge in [0.05, 0.1) is 0 Å². The van der Waals surface area contributed by atoms with Crippen LogP contribution in [0, 0.1) is 0 Å². The summed E-state index contributed by atoms with van der Waals surface area (Å²) in [5, 5.41) is 20.1. The minimum Gasteiger partial charge on any atom is -0.423 e. The molecule has 0 atom stereocenters. The maximum absolute atomic E-state index is 8.59. The molecule has 1 aliphatic heterocycles. The molecule has 1 aliphatic rings. The van der Waals surface area contributed by atoms with Crippen LogP contribution in [-0.4, -0.2) is 23.7 Å². The highest BCUT2D eigenvalue weighted by molar-refractivity contribution is 6.51. The highest BCUT2D eigenvalue weighted by Gasteiger charge is 2.11. The van der Waals surface area contributed by atoms with Crippen LogP contribution in [0.2, 0.25) is 0 Å². The molecule has 0 aromatic rings. The molecule has 0 spiro atoms. The zero-order valence-corrected chi connectivity index (χ0v) is 4.91. The summed E-state index contributed by atoms with van der Waals surface area (Å²) in [6, 6.07) is 0. The van der Waals surface area contributed by atoms with E-state index in [1.54, 1.807) is 18.4 Å². The Balaban J connectivity index is 2.58. The lowest BCUT2D eigenvalue weighted by Gasteiger charge is -2.05. The average Bonchev–Trinajstić information content (AvgIpc) is 1.90. The van der Waals surface area contributed by atoms with E-state index in [0.717, 1.165) is 0 Å². The quantitative estimate of drug-likeness (QED) is 0.395. The van der Waals surface area contributed by atoms with E-state index in [4.69, 9.17) is 10.0 Å². The second-order valence-corrected chi connectivity index (χ2v) is 1.82. The first-order valence-corrected chi connectivity index (χ1v) is 2.77. The van der Waals surface area contributed by atoms with Gasteiger partial charge in [0.1, 0.15) is 0 Å². The molecular weight excluding hydrogens is 117 g/mol. The third-order valence-electron chi connectivity index (χ3n) is 1.15. The Hall–Kier alpha value is -0.735. The van der Waals surface area contributed by atoms with E-state index in [0.29, 0.717) is 12.0 Å². The first kappa shape index (κ1) is 6.39. The lowest BCUT2D eigenvalue weighted by Crippen LogP contribution is -2.19. The molecule has 0 fully saturated rings. The SMILES string of the molecule is OB(O)C1=CCNC=C1. The van der Waals surface area contributed by atoms with E-state index in [-0.39, 0.29) is 0 Å². The highest BCUT2D eigenvalue weighted by Crippen LogP contribution is 1.99. The Morgan fingerprint density at radius 1 is 1.56 bits per heavy atom. The average molecular weight is 125 g/mol. The molecule has 1 heterocycles.